The molecule has 0 radical (unpaired) electrons. The van der Waals surface area contributed by atoms with Crippen LogP contribution in [0.2, 0.25) is 0 Å². The van der Waals surface area contributed by atoms with E-state index in [1.54, 1.807) is 19.1 Å². The Balaban J connectivity index is 1.65. The largest absolute Gasteiger partial charge is 0.374 e. The van der Waals surface area contributed by atoms with Gasteiger partial charge in [0.25, 0.3) is 0 Å². The number of nitrogens with zero attached hydrogens (tertiary/aromatic N) is 1. The molecule has 1 aliphatic rings. The van der Waals surface area contributed by atoms with Crippen LogP contribution in [0.5, 0.6) is 0 Å². The van der Waals surface area contributed by atoms with Crippen molar-refractivity contribution in [2.45, 2.75) is 45.9 Å². The summed E-state index contributed by atoms with van der Waals surface area (Å²) < 4.78 is 21.3. The summed E-state index contributed by atoms with van der Waals surface area (Å²) in [4.78, 5) is 14.5. The number of halogens is 2. The van der Waals surface area contributed by atoms with Gasteiger partial charge in [-0.3, -0.25) is 4.79 Å². The van der Waals surface area contributed by atoms with E-state index in [1.807, 2.05) is 43.9 Å². The van der Waals surface area contributed by atoms with Crippen molar-refractivity contribution in [2.75, 3.05) is 28.6 Å². The van der Waals surface area contributed by atoms with Gasteiger partial charge in [0.05, 0.1) is 23.6 Å². The van der Waals surface area contributed by atoms with Crippen LogP contribution in [-0.4, -0.2) is 37.2 Å². The van der Waals surface area contributed by atoms with Crippen molar-refractivity contribution in [2.24, 2.45) is 0 Å². The fraction of sp³-hybridized carbons (Fsp3) is 0.409. The fourth-order valence-corrected chi connectivity index (χ4v) is 4.10. The molecule has 0 bridgehead atoms. The lowest BCUT2D eigenvalue weighted by Gasteiger charge is -2.37. The molecular formula is C22H27BrFN3O2. The molecule has 1 fully saturated rings. The van der Waals surface area contributed by atoms with Crippen molar-refractivity contribution in [1.82, 2.24) is 0 Å². The lowest BCUT2D eigenvalue weighted by Crippen LogP contribution is -2.45. The van der Waals surface area contributed by atoms with Crippen LogP contribution in [0.15, 0.2) is 40.9 Å². The highest BCUT2D eigenvalue weighted by Crippen LogP contribution is 2.27. The highest BCUT2D eigenvalue weighted by molar-refractivity contribution is 9.10. The Labute approximate surface area is 179 Å². The van der Waals surface area contributed by atoms with Gasteiger partial charge in [-0.1, -0.05) is 6.07 Å². The smallest absolute Gasteiger partial charge is 0.246 e. The fourth-order valence-electron chi connectivity index (χ4n) is 3.51. The van der Waals surface area contributed by atoms with E-state index in [2.05, 4.69) is 26.6 Å². The number of nitrogens with one attached hydrogen (secondary N) is 2. The first kappa shape index (κ1) is 21.6. The monoisotopic (exact) mass is 463 g/mol. The van der Waals surface area contributed by atoms with E-state index in [9.17, 15) is 9.18 Å². The molecule has 1 heterocycles. The van der Waals surface area contributed by atoms with Crippen molar-refractivity contribution >= 4 is 38.9 Å². The van der Waals surface area contributed by atoms with E-state index in [0.29, 0.717) is 30.2 Å². The average molecular weight is 464 g/mol. The number of benzene rings is 2. The summed E-state index contributed by atoms with van der Waals surface area (Å²) in [6, 6.07) is 10.2. The zero-order chi connectivity index (χ0) is 21.1. The molecule has 0 spiro atoms. The number of hydrogen-bond donors (Lipinski definition) is 2. The number of carbonyl (C=O) groups excluding carboxylic acids is 1. The van der Waals surface area contributed by atoms with Gasteiger partial charge in [-0.25, -0.2) is 4.39 Å². The van der Waals surface area contributed by atoms with Crippen LogP contribution in [0.25, 0.3) is 0 Å². The maximum absolute atomic E-state index is 14.7. The second-order valence-corrected chi connectivity index (χ2v) is 8.52. The predicted molar refractivity (Wildman–Crippen MR) is 119 cm³/mol. The minimum atomic E-state index is -0.531. The number of rotatable bonds is 5. The molecule has 1 aliphatic heterocycles. The summed E-state index contributed by atoms with van der Waals surface area (Å²) in [6.45, 7) is 9.01. The Hall–Kier alpha value is -2.12. The predicted octanol–water partition coefficient (Wildman–Crippen LogP) is 4.95. The Kier molecular flexibility index (Phi) is 6.80. The van der Waals surface area contributed by atoms with E-state index in [-0.39, 0.29) is 23.9 Å². The summed E-state index contributed by atoms with van der Waals surface area (Å²) in [5.74, 6) is -0.514. The summed E-state index contributed by atoms with van der Waals surface area (Å²) in [5.41, 5.74) is 2.91. The molecule has 3 rings (SSSR count). The van der Waals surface area contributed by atoms with Crippen LogP contribution < -0.4 is 15.5 Å². The number of hydrogen-bond acceptors (Lipinski definition) is 4. The van der Waals surface area contributed by atoms with Crippen LogP contribution in [0.4, 0.5) is 21.5 Å². The third kappa shape index (κ3) is 5.48. The van der Waals surface area contributed by atoms with Gasteiger partial charge in [0, 0.05) is 23.2 Å². The van der Waals surface area contributed by atoms with Gasteiger partial charge in [-0.05, 0) is 79.5 Å². The molecule has 3 atom stereocenters. The van der Waals surface area contributed by atoms with E-state index >= 15 is 0 Å². The number of aryl methyl sites for hydroxylation is 1. The third-order valence-electron chi connectivity index (χ3n) is 4.87. The zero-order valence-electron chi connectivity index (χ0n) is 17.1. The van der Waals surface area contributed by atoms with Crippen LogP contribution >= 0.6 is 15.9 Å². The van der Waals surface area contributed by atoms with E-state index in [1.165, 1.54) is 6.07 Å². The molecule has 156 valence electrons. The number of ether oxygens (including phenoxy) is 1. The van der Waals surface area contributed by atoms with Gasteiger partial charge in [0.15, 0.2) is 0 Å². The first-order chi connectivity index (χ1) is 13.7. The number of amides is 1. The van der Waals surface area contributed by atoms with Crippen molar-refractivity contribution in [3.8, 4) is 0 Å². The minimum Gasteiger partial charge on any atom is -0.374 e. The van der Waals surface area contributed by atoms with Gasteiger partial charge < -0.3 is 20.3 Å². The van der Waals surface area contributed by atoms with Gasteiger partial charge >= 0.3 is 0 Å². The quantitative estimate of drug-likeness (QED) is 0.658. The summed E-state index contributed by atoms with van der Waals surface area (Å²) in [5, 5.41) is 5.95. The first-order valence-electron chi connectivity index (χ1n) is 9.76. The molecular weight excluding hydrogens is 437 g/mol. The Morgan fingerprint density at radius 3 is 2.52 bits per heavy atom. The van der Waals surface area contributed by atoms with Gasteiger partial charge in [0.2, 0.25) is 5.91 Å². The molecule has 1 amide bonds. The highest BCUT2D eigenvalue weighted by Gasteiger charge is 2.24. The molecule has 0 aliphatic carbocycles. The molecule has 3 unspecified atom stereocenters. The normalized spacial score (nSPS) is 20.3. The maximum Gasteiger partial charge on any atom is 0.246 e. The number of carbonyl (C=O) groups is 1. The maximum atomic E-state index is 14.7. The van der Waals surface area contributed by atoms with Gasteiger partial charge in [0.1, 0.15) is 11.9 Å². The Morgan fingerprint density at radius 1 is 1.21 bits per heavy atom. The number of morpholine rings is 1. The van der Waals surface area contributed by atoms with E-state index in [4.69, 9.17) is 4.74 Å². The topological polar surface area (TPSA) is 53.6 Å². The summed E-state index contributed by atoms with van der Waals surface area (Å²) in [7, 11) is 0. The number of anilines is 3. The summed E-state index contributed by atoms with van der Waals surface area (Å²) in [6.07, 6.45) is 0.113. The molecule has 0 saturated carbocycles. The molecule has 2 N–H and O–H groups in total. The Morgan fingerprint density at radius 2 is 1.90 bits per heavy atom. The Bertz CT molecular complexity index is 882. The zero-order valence-corrected chi connectivity index (χ0v) is 18.7. The van der Waals surface area contributed by atoms with Crippen LogP contribution in [0.3, 0.4) is 0 Å². The minimum absolute atomic E-state index is 0.0563. The molecule has 2 aromatic rings. The van der Waals surface area contributed by atoms with Gasteiger partial charge in [-0.2, -0.15) is 0 Å². The van der Waals surface area contributed by atoms with Crippen molar-refractivity contribution in [3.63, 3.8) is 0 Å². The molecule has 29 heavy (non-hydrogen) atoms. The lowest BCUT2D eigenvalue weighted by atomic mass is 10.1. The molecule has 2 aromatic carbocycles. The second-order valence-electron chi connectivity index (χ2n) is 7.67. The lowest BCUT2D eigenvalue weighted by molar-refractivity contribution is -0.116. The first-order valence-corrected chi connectivity index (χ1v) is 10.6. The third-order valence-corrected chi connectivity index (χ3v) is 5.52. The highest BCUT2D eigenvalue weighted by atomic mass is 79.9. The van der Waals surface area contributed by atoms with Crippen molar-refractivity contribution < 1.29 is 13.9 Å². The average Bonchev–Trinajstić information content (AvgIpc) is 2.63. The molecule has 5 nitrogen and oxygen atoms in total. The molecule has 1 saturated heterocycles. The molecule has 0 aromatic heterocycles. The summed E-state index contributed by atoms with van der Waals surface area (Å²) >= 11 is 3.46. The van der Waals surface area contributed by atoms with E-state index in [0.717, 1.165) is 10.0 Å². The van der Waals surface area contributed by atoms with Crippen molar-refractivity contribution in [3.05, 3.63) is 52.3 Å². The van der Waals surface area contributed by atoms with Crippen molar-refractivity contribution in [1.29, 1.82) is 0 Å². The molecule has 7 heteroatoms. The van der Waals surface area contributed by atoms with Crippen LogP contribution in [-0.2, 0) is 9.53 Å². The van der Waals surface area contributed by atoms with Crippen LogP contribution in [0, 0.1) is 12.7 Å². The standard InChI is InChI=1S/C22H27BrFN3O2/c1-13-5-7-20(18(23)9-13)26-22(28)16(4)25-17-6-8-21(19(24)10-17)27-11-14(2)29-15(3)12-27/h5-10,14-16,25H,11-12H2,1-4H3,(H,26,28). The SMILES string of the molecule is Cc1ccc(NC(=O)C(C)Nc2ccc(N3CC(C)OC(C)C3)c(F)c2)c(Br)c1. The second kappa shape index (κ2) is 9.13. The van der Waals surface area contributed by atoms with Crippen LogP contribution in [0.1, 0.15) is 26.3 Å². The van der Waals surface area contributed by atoms with Gasteiger partial charge in [-0.15, -0.1) is 0 Å². The van der Waals surface area contributed by atoms with E-state index < -0.39 is 6.04 Å².